The lowest BCUT2D eigenvalue weighted by Crippen LogP contribution is -2.39. The van der Waals surface area contributed by atoms with Gasteiger partial charge in [-0.25, -0.2) is 4.68 Å². The molecule has 214 valence electrons. The number of aryl methyl sites for hydroxylation is 1. The van der Waals surface area contributed by atoms with Crippen LogP contribution in [0.3, 0.4) is 0 Å². The van der Waals surface area contributed by atoms with Crippen LogP contribution in [0.5, 0.6) is 0 Å². The van der Waals surface area contributed by atoms with Gasteiger partial charge in [-0.15, -0.1) is 0 Å². The average Bonchev–Trinajstić information content (AvgIpc) is 3.68. The number of nitrogens with zero attached hydrogens (tertiary/aromatic N) is 3. The molecule has 1 aromatic heterocycles. The van der Waals surface area contributed by atoms with Gasteiger partial charge in [-0.3, -0.25) is 14.5 Å². The van der Waals surface area contributed by atoms with Crippen LogP contribution in [0.15, 0.2) is 24.4 Å². The van der Waals surface area contributed by atoms with Crippen LogP contribution >= 0.6 is 0 Å². The number of ether oxygens (including phenoxy) is 1. The zero-order valence-electron chi connectivity index (χ0n) is 23.5. The molecule has 10 heteroatoms. The van der Waals surface area contributed by atoms with Crippen molar-refractivity contribution < 1.29 is 14.3 Å². The maximum Gasteiger partial charge on any atom is 0.256 e. The Morgan fingerprint density at radius 1 is 1.10 bits per heavy atom. The third-order valence-corrected chi connectivity index (χ3v) is 7.93. The van der Waals surface area contributed by atoms with E-state index in [-0.39, 0.29) is 23.7 Å². The van der Waals surface area contributed by atoms with E-state index in [9.17, 15) is 9.59 Å². The van der Waals surface area contributed by atoms with Crippen LogP contribution in [0.4, 0.5) is 5.82 Å². The van der Waals surface area contributed by atoms with E-state index in [1.807, 2.05) is 13.0 Å². The zero-order chi connectivity index (χ0) is 27.8. The Balaban J connectivity index is 0.000000333. The van der Waals surface area contributed by atoms with Gasteiger partial charge in [0, 0.05) is 43.8 Å². The Hall–Kier alpha value is -2.95. The molecule has 0 radical (unpaired) electrons. The van der Waals surface area contributed by atoms with Gasteiger partial charge in [0.15, 0.2) is 0 Å². The zero-order valence-corrected chi connectivity index (χ0v) is 23.5. The Morgan fingerprint density at radius 2 is 1.82 bits per heavy atom. The lowest BCUT2D eigenvalue weighted by atomic mass is 9.84. The molecule has 2 heterocycles. The van der Waals surface area contributed by atoms with Crippen LogP contribution in [0, 0.1) is 12.8 Å². The van der Waals surface area contributed by atoms with Crippen LogP contribution in [-0.2, 0) is 4.74 Å². The maximum absolute atomic E-state index is 12.8. The number of benzene rings is 1. The second kappa shape index (κ2) is 13.9. The fraction of sp³-hybridized carbons (Fsp3) is 0.621. The molecule has 1 atom stereocenters. The summed E-state index contributed by atoms with van der Waals surface area (Å²) < 4.78 is 6.71. The summed E-state index contributed by atoms with van der Waals surface area (Å²) in [5, 5.41) is 10.5. The van der Waals surface area contributed by atoms with Gasteiger partial charge in [-0.1, -0.05) is 25.3 Å². The normalized spacial score (nSPS) is 19.1. The molecule has 1 aliphatic heterocycles. The molecule has 2 amide bonds. The Kier molecular flexibility index (Phi) is 10.4. The van der Waals surface area contributed by atoms with Gasteiger partial charge in [0.05, 0.1) is 25.1 Å². The summed E-state index contributed by atoms with van der Waals surface area (Å²) in [4.78, 5) is 27.6. The predicted molar refractivity (Wildman–Crippen MR) is 153 cm³/mol. The van der Waals surface area contributed by atoms with Crippen LogP contribution < -0.4 is 22.1 Å². The SMILES string of the molecule is Cc1ccc(C(=O)NC2CC2)cc1-n1ncc(C(=O)NC(C)C2CCCCC2)c1N.NCCN1CCOCC1. The number of hydrogen-bond donors (Lipinski definition) is 4. The second-order valence-electron chi connectivity index (χ2n) is 11.0. The monoisotopic (exact) mass is 539 g/mol. The molecular weight excluding hydrogens is 494 g/mol. The number of nitrogens with one attached hydrogen (secondary N) is 2. The quantitative estimate of drug-likeness (QED) is 0.404. The van der Waals surface area contributed by atoms with Crippen LogP contribution in [-0.4, -0.2) is 78.0 Å². The van der Waals surface area contributed by atoms with E-state index in [2.05, 4.69) is 27.6 Å². The van der Waals surface area contributed by atoms with E-state index in [4.69, 9.17) is 16.2 Å². The topological polar surface area (TPSA) is 141 Å². The highest BCUT2D eigenvalue weighted by Gasteiger charge is 2.26. The molecule has 3 fully saturated rings. The first kappa shape index (κ1) is 29.0. The van der Waals surface area contributed by atoms with Crippen molar-refractivity contribution in [1.82, 2.24) is 25.3 Å². The fourth-order valence-electron chi connectivity index (χ4n) is 5.24. The standard InChI is InChI=1S/C23H31N5O2.C6H14N2O/c1-14-8-9-17(22(29)27-18-10-11-18)12-20(14)28-21(24)19(13-25-28)23(30)26-15(2)16-6-4-3-5-7-16;7-1-2-8-3-5-9-6-4-8/h8-9,12-13,15-16,18H,3-7,10-11,24H2,1-2H3,(H,26,30)(H,27,29);1-7H2. The van der Waals surface area contributed by atoms with Crippen molar-refractivity contribution in [2.45, 2.75) is 70.9 Å². The van der Waals surface area contributed by atoms with Gasteiger partial charge in [0.2, 0.25) is 0 Å². The number of aromatic nitrogens is 2. The van der Waals surface area contributed by atoms with E-state index in [0.717, 1.165) is 70.6 Å². The summed E-state index contributed by atoms with van der Waals surface area (Å²) in [6.07, 6.45) is 9.64. The van der Waals surface area contributed by atoms with Gasteiger partial charge >= 0.3 is 0 Å². The van der Waals surface area contributed by atoms with Crippen molar-refractivity contribution in [3.05, 3.63) is 41.1 Å². The van der Waals surface area contributed by atoms with Crippen molar-refractivity contribution in [2.75, 3.05) is 45.1 Å². The van der Waals surface area contributed by atoms with Crippen molar-refractivity contribution in [2.24, 2.45) is 11.7 Å². The molecule has 1 unspecified atom stereocenters. The lowest BCUT2D eigenvalue weighted by molar-refractivity contribution is 0.0394. The molecule has 3 aliphatic rings. The Bertz CT molecular complexity index is 1100. The van der Waals surface area contributed by atoms with Gasteiger partial charge in [0.1, 0.15) is 11.4 Å². The molecule has 2 saturated carbocycles. The van der Waals surface area contributed by atoms with Gasteiger partial charge < -0.3 is 26.8 Å². The van der Waals surface area contributed by atoms with E-state index < -0.39 is 0 Å². The minimum absolute atomic E-state index is 0.0937. The predicted octanol–water partition coefficient (Wildman–Crippen LogP) is 2.63. The number of carbonyl (C=O) groups excluding carboxylic acids is 2. The molecule has 1 saturated heterocycles. The smallest absolute Gasteiger partial charge is 0.256 e. The first-order valence-corrected chi connectivity index (χ1v) is 14.4. The first-order valence-electron chi connectivity index (χ1n) is 14.4. The number of rotatable bonds is 8. The highest BCUT2D eigenvalue weighted by molar-refractivity contribution is 5.99. The molecule has 6 N–H and O–H groups in total. The van der Waals surface area contributed by atoms with Crippen LogP contribution in [0.25, 0.3) is 5.69 Å². The average molecular weight is 540 g/mol. The summed E-state index contributed by atoms with van der Waals surface area (Å²) in [6, 6.07) is 5.86. The number of carbonyl (C=O) groups is 2. The number of hydrogen-bond acceptors (Lipinski definition) is 7. The highest BCUT2D eigenvalue weighted by atomic mass is 16.5. The summed E-state index contributed by atoms with van der Waals surface area (Å²) in [6.45, 7) is 9.64. The summed E-state index contributed by atoms with van der Waals surface area (Å²) in [5.74, 6) is 0.509. The van der Waals surface area contributed by atoms with E-state index in [1.165, 1.54) is 25.5 Å². The number of nitrogens with two attached hydrogens (primary N) is 2. The van der Waals surface area contributed by atoms with Crippen molar-refractivity contribution in [1.29, 1.82) is 0 Å². The number of amides is 2. The lowest BCUT2D eigenvalue weighted by Gasteiger charge is -2.28. The molecule has 39 heavy (non-hydrogen) atoms. The van der Waals surface area contributed by atoms with Gasteiger partial charge in [0.25, 0.3) is 11.8 Å². The molecule has 0 spiro atoms. The molecule has 0 bridgehead atoms. The number of nitrogen functional groups attached to an aromatic ring is 1. The summed E-state index contributed by atoms with van der Waals surface area (Å²) in [7, 11) is 0. The van der Waals surface area contributed by atoms with Gasteiger partial charge in [-0.05, 0) is 63.1 Å². The van der Waals surface area contributed by atoms with Gasteiger partial charge in [-0.2, -0.15) is 5.10 Å². The molecule has 2 aromatic rings. The largest absolute Gasteiger partial charge is 0.383 e. The Labute approximate surface area is 231 Å². The number of anilines is 1. The Morgan fingerprint density at radius 3 is 2.49 bits per heavy atom. The number of morpholine rings is 1. The minimum atomic E-state index is -0.197. The van der Waals surface area contributed by atoms with E-state index >= 15 is 0 Å². The molecule has 10 nitrogen and oxygen atoms in total. The fourth-order valence-corrected chi connectivity index (χ4v) is 5.24. The first-order chi connectivity index (χ1) is 18.9. The third kappa shape index (κ3) is 8.03. The molecule has 2 aliphatic carbocycles. The molecular formula is C29H45N7O3. The third-order valence-electron chi connectivity index (χ3n) is 7.93. The summed E-state index contributed by atoms with van der Waals surface area (Å²) >= 11 is 0. The highest BCUT2D eigenvalue weighted by Crippen LogP contribution is 2.27. The minimum Gasteiger partial charge on any atom is -0.383 e. The summed E-state index contributed by atoms with van der Waals surface area (Å²) in [5.41, 5.74) is 14.3. The van der Waals surface area contributed by atoms with Crippen molar-refractivity contribution in [3.8, 4) is 5.69 Å². The van der Waals surface area contributed by atoms with Crippen molar-refractivity contribution in [3.63, 3.8) is 0 Å². The van der Waals surface area contributed by atoms with Crippen LogP contribution in [0.1, 0.15) is 78.1 Å². The molecule has 5 rings (SSSR count). The van der Waals surface area contributed by atoms with E-state index in [1.54, 1.807) is 16.8 Å². The van der Waals surface area contributed by atoms with Crippen molar-refractivity contribution >= 4 is 17.6 Å². The van der Waals surface area contributed by atoms with E-state index in [0.29, 0.717) is 28.8 Å². The molecule has 1 aromatic carbocycles. The van der Waals surface area contributed by atoms with Crippen LogP contribution in [0.2, 0.25) is 0 Å². The maximum atomic E-state index is 12.8. The second-order valence-corrected chi connectivity index (χ2v) is 11.0.